The number of carbonyl (C=O) groups excluding carboxylic acids is 1. The van der Waals surface area contributed by atoms with Crippen LogP contribution in [-0.2, 0) is 13.0 Å². The maximum Gasteiger partial charge on any atom is 0.335 e. The van der Waals surface area contributed by atoms with Gasteiger partial charge in [0.05, 0.1) is 17.8 Å². The second-order valence-corrected chi connectivity index (χ2v) is 3.98. The van der Waals surface area contributed by atoms with Gasteiger partial charge < -0.3 is 10.4 Å². The van der Waals surface area contributed by atoms with Crippen molar-refractivity contribution in [3.05, 3.63) is 41.2 Å². The molecule has 2 aromatic heterocycles. The van der Waals surface area contributed by atoms with Gasteiger partial charge in [0.2, 0.25) is 5.82 Å². The Morgan fingerprint density at radius 2 is 2.25 bits per heavy atom. The average molecular weight is 275 g/mol. The van der Waals surface area contributed by atoms with Gasteiger partial charge >= 0.3 is 5.97 Å². The molecule has 2 aromatic rings. The summed E-state index contributed by atoms with van der Waals surface area (Å²) in [6, 6.07) is 2.79. The lowest BCUT2D eigenvalue weighted by atomic mass is 10.2. The van der Waals surface area contributed by atoms with Gasteiger partial charge in [-0.1, -0.05) is 6.92 Å². The van der Waals surface area contributed by atoms with Crippen LogP contribution in [0.1, 0.15) is 39.4 Å². The number of amides is 1. The number of aromatic carboxylic acids is 1. The van der Waals surface area contributed by atoms with Gasteiger partial charge in [-0.05, 0) is 12.1 Å². The first-order chi connectivity index (χ1) is 9.60. The van der Waals surface area contributed by atoms with Crippen molar-refractivity contribution in [2.45, 2.75) is 19.9 Å². The number of nitrogens with zero attached hydrogens (tertiary/aromatic N) is 3. The number of carbonyl (C=O) groups is 2. The zero-order valence-corrected chi connectivity index (χ0v) is 10.8. The monoisotopic (exact) mass is 275 g/mol. The topological polar surface area (TPSA) is 121 Å². The fourth-order valence-corrected chi connectivity index (χ4v) is 1.51. The molecule has 2 heterocycles. The van der Waals surface area contributed by atoms with Gasteiger partial charge in [0.25, 0.3) is 5.91 Å². The lowest BCUT2D eigenvalue weighted by molar-refractivity contribution is 0.0696. The zero-order chi connectivity index (χ0) is 14.5. The first kappa shape index (κ1) is 13.7. The summed E-state index contributed by atoms with van der Waals surface area (Å²) in [4.78, 5) is 30.6. The number of hydrogen-bond acceptors (Lipinski definition) is 5. The largest absolute Gasteiger partial charge is 0.478 e. The van der Waals surface area contributed by atoms with Gasteiger partial charge in [0.15, 0.2) is 0 Å². The highest BCUT2D eigenvalue weighted by molar-refractivity contribution is 5.90. The molecule has 8 heteroatoms. The number of hydrogen-bond donors (Lipinski definition) is 3. The highest BCUT2D eigenvalue weighted by Gasteiger charge is 2.12. The predicted octanol–water partition coefficient (Wildman–Crippen LogP) is 0.390. The van der Waals surface area contributed by atoms with Crippen LogP contribution in [0.25, 0.3) is 0 Å². The van der Waals surface area contributed by atoms with Gasteiger partial charge in [-0.2, -0.15) is 0 Å². The fraction of sp³-hybridized carbons (Fsp3) is 0.250. The van der Waals surface area contributed by atoms with Crippen LogP contribution in [0.4, 0.5) is 0 Å². The van der Waals surface area contributed by atoms with Crippen LogP contribution < -0.4 is 5.32 Å². The first-order valence-corrected chi connectivity index (χ1v) is 5.98. The molecule has 0 spiro atoms. The molecule has 0 aliphatic heterocycles. The molecule has 0 aliphatic rings. The van der Waals surface area contributed by atoms with E-state index in [9.17, 15) is 9.59 Å². The molecular formula is C12H13N5O3. The van der Waals surface area contributed by atoms with Crippen LogP contribution in [0.2, 0.25) is 0 Å². The van der Waals surface area contributed by atoms with Crippen LogP contribution in [0.15, 0.2) is 18.3 Å². The van der Waals surface area contributed by atoms with Crippen LogP contribution in [-0.4, -0.2) is 37.1 Å². The lowest BCUT2D eigenvalue weighted by Gasteiger charge is -2.03. The minimum Gasteiger partial charge on any atom is -0.478 e. The smallest absolute Gasteiger partial charge is 0.335 e. The zero-order valence-electron chi connectivity index (χ0n) is 10.8. The molecule has 0 radical (unpaired) electrons. The summed E-state index contributed by atoms with van der Waals surface area (Å²) < 4.78 is 0. The molecule has 3 N–H and O–H groups in total. The predicted molar refractivity (Wildman–Crippen MR) is 68.1 cm³/mol. The summed E-state index contributed by atoms with van der Waals surface area (Å²) in [6.45, 7) is 2.00. The summed E-state index contributed by atoms with van der Waals surface area (Å²) in [6.07, 6.45) is 2.04. The number of aromatic nitrogens is 4. The van der Waals surface area contributed by atoms with E-state index in [0.29, 0.717) is 17.9 Å². The van der Waals surface area contributed by atoms with Crippen LogP contribution in [0.5, 0.6) is 0 Å². The van der Waals surface area contributed by atoms with Crippen molar-refractivity contribution < 1.29 is 14.7 Å². The highest BCUT2D eigenvalue weighted by atomic mass is 16.4. The van der Waals surface area contributed by atoms with Gasteiger partial charge in [0.1, 0.15) is 5.82 Å². The Balaban J connectivity index is 1.99. The van der Waals surface area contributed by atoms with E-state index in [1.807, 2.05) is 6.92 Å². The highest BCUT2D eigenvalue weighted by Crippen LogP contribution is 2.02. The Hall–Kier alpha value is -2.77. The van der Waals surface area contributed by atoms with E-state index < -0.39 is 11.9 Å². The van der Waals surface area contributed by atoms with Crippen molar-refractivity contribution >= 4 is 11.9 Å². The minimum absolute atomic E-state index is 0.0521. The molecule has 0 bridgehead atoms. The Kier molecular flexibility index (Phi) is 4.04. The summed E-state index contributed by atoms with van der Waals surface area (Å²) in [5, 5.41) is 17.9. The number of rotatable bonds is 5. The van der Waals surface area contributed by atoms with E-state index in [1.54, 1.807) is 0 Å². The molecular weight excluding hydrogens is 262 g/mol. The maximum absolute atomic E-state index is 11.8. The van der Waals surface area contributed by atoms with Crippen molar-refractivity contribution in [2.75, 3.05) is 0 Å². The number of pyridine rings is 1. The lowest BCUT2D eigenvalue weighted by Crippen LogP contribution is -2.24. The molecule has 8 nitrogen and oxygen atoms in total. The number of aryl methyl sites for hydroxylation is 1. The quantitative estimate of drug-likeness (QED) is 0.725. The van der Waals surface area contributed by atoms with E-state index in [0.717, 1.165) is 0 Å². The second kappa shape index (κ2) is 5.91. The number of aromatic amines is 1. The average Bonchev–Trinajstić information content (AvgIpc) is 2.94. The number of H-pyrrole nitrogens is 1. The molecule has 0 unspecified atom stereocenters. The second-order valence-electron chi connectivity index (χ2n) is 3.98. The Morgan fingerprint density at radius 3 is 2.90 bits per heavy atom. The molecule has 0 atom stereocenters. The SMILES string of the molecule is CCc1nc(C(=O)NCc2cc(C(=O)O)ccn2)n[nH]1. The van der Waals surface area contributed by atoms with Crippen molar-refractivity contribution in [3.63, 3.8) is 0 Å². The molecule has 20 heavy (non-hydrogen) atoms. The van der Waals surface area contributed by atoms with E-state index in [-0.39, 0.29) is 17.9 Å². The van der Waals surface area contributed by atoms with Crippen LogP contribution in [0, 0.1) is 0 Å². The standard InChI is InChI=1S/C12H13N5O3/c1-2-9-15-10(17-16-9)11(18)14-6-8-5-7(12(19)20)3-4-13-8/h3-5H,2,6H2,1H3,(H,14,18)(H,19,20)(H,15,16,17). The molecule has 1 amide bonds. The Bertz CT molecular complexity index is 638. The van der Waals surface area contributed by atoms with Crippen molar-refractivity contribution in [2.24, 2.45) is 0 Å². The molecule has 0 fully saturated rings. The number of nitrogens with one attached hydrogen (secondary N) is 2. The molecule has 0 saturated heterocycles. The van der Waals surface area contributed by atoms with Crippen molar-refractivity contribution in [1.29, 1.82) is 0 Å². The third kappa shape index (κ3) is 3.16. The molecule has 0 aromatic carbocycles. The summed E-state index contributed by atoms with van der Waals surface area (Å²) in [5.74, 6) is -0.803. The summed E-state index contributed by atoms with van der Waals surface area (Å²) in [5.41, 5.74) is 0.569. The number of carboxylic acids is 1. The van der Waals surface area contributed by atoms with E-state index in [4.69, 9.17) is 5.11 Å². The van der Waals surface area contributed by atoms with E-state index >= 15 is 0 Å². The van der Waals surface area contributed by atoms with E-state index in [1.165, 1.54) is 18.3 Å². The Morgan fingerprint density at radius 1 is 1.45 bits per heavy atom. The third-order valence-electron chi connectivity index (χ3n) is 2.56. The van der Waals surface area contributed by atoms with Gasteiger partial charge in [-0.15, -0.1) is 5.10 Å². The number of carboxylic acid groups (broad SMARTS) is 1. The van der Waals surface area contributed by atoms with Crippen LogP contribution in [0.3, 0.4) is 0 Å². The van der Waals surface area contributed by atoms with Gasteiger partial charge in [-0.25, -0.2) is 9.78 Å². The normalized spacial score (nSPS) is 10.2. The van der Waals surface area contributed by atoms with Gasteiger partial charge in [-0.3, -0.25) is 14.9 Å². The molecule has 2 rings (SSSR count). The third-order valence-corrected chi connectivity index (χ3v) is 2.56. The molecule has 0 aliphatic carbocycles. The molecule has 104 valence electrons. The van der Waals surface area contributed by atoms with E-state index in [2.05, 4.69) is 25.5 Å². The fourth-order valence-electron chi connectivity index (χ4n) is 1.51. The Labute approximate surface area is 114 Å². The summed E-state index contributed by atoms with van der Waals surface area (Å²) >= 11 is 0. The maximum atomic E-state index is 11.8. The van der Waals surface area contributed by atoms with Gasteiger partial charge in [0, 0.05) is 12.6 Å². The minimum atomic E-state index is -1.04. The van der Waals surface area contributed by atoms with Crippen molar-refractivity contribution in [3.8, 4) is 0 Å². The summed E-state index contributed by atoms with van der Waals surface area (Å²) in [7, 11) is 0. The molecule has 0 saturated carbocycles. The first-order valence-electron chi connectivity index (χ1n) is 5.98. The van der Waals surface area contributed by atoms with Crippen molar-refractivity contribution in [1.82, 2.24) is 25.5 Å². The van der Waals surface area contributed by atoms with Crippen LogP contribution >= 0.6 is 0 Å².